The predicted molar refractivity (Wildman–Crippen MR) is 45.0 cm³/mol. The van der Waals surface area contributed by atoms with Crippen molar-refractivity contribution in [2.75, 3.05) is 0 Å². The standard InChI is InChI=1S/C8H16O5/c1-3-5(10)7(12)8(13)6(11)4(2)9/h4,6-9,11-13H,3H2,1-2H3/t4-,6+,7+,8+/m0/s1. The Bertz CT molecular complexity index is 168. The zero-order valence-electron chi connectivity index (χ0n) is 7.71. The first kappa shape index (κ1) is 12.5. The summed E-state index contributed by atoms with van der Waals surface area (Å²) in [6.07, 6.45) is -5.88. The molecule has 0 heterocycles. The highest BCUT2D eigenvalue weighted by atomic mass is 16.4. The SMILES string of the molecule is CCC(=O)[C@@H](O)[C@H](O)[C@H](O)[C@H](C)O. The third-order valence-electron chi connectivity index (χ3n) is 1.85. The minimum Gasteiger partial charge on any atom is -0.391 e. The van der Waals surface area contributed by atoms with E-state index in [1.807, 2.05) is 0 Å². The molecule has 0 fully saturated rings. The van der Waals surface area contributed by atoms with Crippen molar-refractivity contribution in [3.63, 3.8) is 0 Å². The summed E-state index contributed by atoms with van der Waals surface area (Å²) in [5.41, 5.74) is 0. The average molecular weight is 192 g/mol. The van der Waals surface area contributed by atoms with Crippen LogP contribution in [0.4, 0.5) is 0 Å². The van der Waals surface area contributed by atoms with Crippen molar-refractivity contribution in [3.8, 4) is 0 Å². The normalized spacial score (nSPS) is 20.5. The Morgan fingerprint density at radius 3 is 1.92 bits per heavy atom. The highest BCUT2D eigenvalue weighted by molar-refractivity contribution is 5.83. The van der Waals surface area contributed by atoms with Crippen molar-refractivity contribution in [2.45, 2.75) is 44.7 Å². The zero-order valence-corrected chi connectivity index (χ0v) is 7.71. The van der Waals surface area contributed by atoms with Gasteiger partial charge in [0.25, 0.3) is 0 Å². The molecule has 13 heavy (non-hydrogen) atoms. The number of carbonyl (C=O) groups is 1. The molecular weight excluding hydrogens is 176 g/mol. The van der Waals surface area contributed by atoms with Gasteiger partial charge in [0.1, 0.15) is 18.3 Å². The predicted octanol–water partition coefficient (Wildman–Crippen LogP) is -1.57. The molecule has 0 spiro atoms. The van der Waals surface area contributed by atoms with Crippen LogP contribution < -0.4 is 0 Å². The molecule has 78 valence electrons. The lowest BCUT2D eigenvalue weighted by atomic mass is 10.00. The molecule has 0 aromatic heterocycles. The summed E-state index contributed by atoms with van der Waals surface area (Å²) >= 11 is 0. The molecule has 0 unspecified atom stereocenters. The Hall–Kier alpha value is -0.490. The number of Topliss-reactive ketones (excluding diaryl/α,β-unsaturated/α-hetero) is 1. The number of ketones is 1. The number of carbonyl (C=O) groups excluding carboxylic acids is 1. The van der Waals surface area contributed by atoms with Crippen molar-refractivity contribution >= 4 is 5.78 Å². The van der Waals surface area contributed by atoms with Gasteiger partial charge in [-0.2, -0.15) is 0 Å². The van der Waals surface area contributed by atoms with Gasteiger partial charge in [0.2, 0.25) is 0 Å². The molecule has 0 bridgehead atoms. The highest BCUT2D eigenvalue weighted by Crippen LogP contribution is 2.06. The van der Waals surface area contributed by atoms with Crippen LogP contribution in [0.1, 0.15) is 20.3 Å². The minimum atomic E-state index is -1.63. The van der Waals surface area contributed by atoms with Crippen LogP contribution in [-0.4, -0.2) is 50.6 Å². The molecule has 4 N–H and O–H groups in total. The van der Waals surface area contributed by atoms with Crippen LogP contribution in [0.3, 0.4) is 0 Å². The highest BCUT2D eigenvalue weighted by Gasteiger charge is 2.31. The van der Waals surface area contributed by atoms with E-state index in [2.05, 4.69) is 0 Å². The fraction of sp³-hybridized carbons (Fsp3) is 0.875. The summed E-state index contributed by atoms with van der Waals surface area (Å²) in [5.74, 6) is -0.563. The van der Waals surface area contributed by atoms with Crippen LogP contribution in [0.5, 0.6) is 0 Å². The summed E-state index contributed by atoms with van der Waals surface area (Å²) in [6.45, 7) is 2.80. The lowest BCUT2D eigenvalue weighted by Gasteiger charge is -2.23. The summed E-state index contributed by atoms with van der Waals surface area (Å²) in [5, 5.41) is 36.3. The van der Waals surface area contributed by atoms with Crippen LogP contribution in [-0.2, 0) is 4.79 Å². The molecule has 5 nitrogen and oxygen atoms in total. The molecule has 0 radical (unpaired) electrons. The molecule has 0 amide bonds. The van der Waals surface area contributed by atoms with E-state index in [0.717, 1.165) is 0 Å². The Kier molecular flexibility index (Phi) is 5.09. The van der Waals surface area contributed by atoms with Gasteiger partial charge < -0.3 is 20.4 Å². The second-order valence-corrected chi connectivity index (χ2v) is 2.99. The number of aliphatic hydroxyl groups is 4. The fourth-order valence-electron chi connectivity index (χ4n) is 0.872. The molecular formula is C8H16O5. The van der Waals surface area contributed by atoms with Crippen molar-refractivity contribution < 1.29 is 25.2 Å². The molecule has 0 aliphatic carbocycles. The van der Waals surface area contributed by atoms with Gasteiger partial charge in [-0.1, -0.05) is 6.92 Å². The largest absolute Gasteiger partial charge is 0.391 e. The van der Waals surface area contributed by atoms with Crippen LogP contribution in [0.15, 0.2) is 0 Å². The van der Waals surface area contributed by atoms with Gasteiger partial charge in [-0.3, -0.25) is 4.79 Å². The minimum absolute atomic E-state index is 0.0742. The van der Waals surface area contributed by atoms with Crippen molar-refractivity contribution in [1.29, 1.82) is 0 Å². The van der Waals surface area contributed by atoms with Crippen molar-refractivity contribution in [1.82, 2.24) is 0 Å². The molecule has 0 rings (SSSR count). The Morgan fingerprint density at radius 1 is 1.15 bits per heavy atom. The van der Waals surface area contributed by atoms with E-state index in [0.29, 0.717) is 0 Å². The quantitative estimate of drug-likeness (QED) is 0.422. The number of rotatable bonds is 5. The van der Waals surface area contributed by atoms with Crippen LogP contribution >= 0.6 is 0 Å². The topological polar surface area (TPSA) is 98.0 Å². The van der Waals surface area contributed by atoms with E-state index in [1.54, 1.807) is 0 Å². The van der Waals surface area contributed by atoms with Gasteiger partial charge in [0.05, 0.1) is 6.10 Å². The van der Waals surface area contributed by atoms with Gasteiger partial charge in [0, 0.05) is 6.42 Å². The van der Waals surface area contributed by atoms with Crippen molar-refractivity contribution in [3.05, 3.63) is 0 Å². The van der Waals surface area contributed by atoms with Gasteiger partial charge in [-0.25, -0.2) is 0 Å². The summed E-state index contributed by atoms with van der Waals surface area (Å²) in [7, 11) is 0. The number of hydrogen-bond donors (Lipinski definition) is 4. The lowest BCUT2D eigenvalue weighted by molar-refractivity contribution is -0.143. The molecule has 0 aromatic carbocycles. The van der Waals surface area contributed by atoms with E-state index >= 15 is 0 Å². The van der Waals surface area contributed by atoms with E-state index in [-0.39, 0.29) is 6.42 Å². The average Bonchev–Trinajstić information content (AvgIpc) is 2.12. The van der Waals surface area contributed by atoms with Gasteiger partial charge >= 0.3 is 0 Å². The number of hydrogen-bond acceptors (Lipinski definition) is 5. The first-order valence-corrected chi connectivity index (χ1v) is 4.16. The van der Waals surface area contributed by atoms with Gasteiger partial charge in [-0.15, -0.1) is 0 Å². The summed E-state index contributed by atoms with van der Waals surface area (Å²) in [4.78, 5) is 10.9. The van der Waals surface area contributed by atoms with E-state index in [9.17, 15) is 9.90 Å². The summed E-state index contributed by atoms with van der Waals surface area (Å²) < 4.78 is 0. The van der Waals surface area contributed by atoms with E-state index in [1.165, 1.54) is 13.8 Å². The zero-order chi connectivity index (χ0) is 10.6. The molecule has 5 heteroatoms. The maximum atomic E-state index is 10.9. The van der Waals surface area contributed by atoms with Crippen LogP contribution in [0, 0.1) is 0 Å². The Morgan fingerprint density at radius 2 is 1.62 bits per heavy atom. The van der Waals surface area contributed by atoms with Gasteiger partial charge in [0.15, 0.2) is 5.78 Å². The lowest BCUT2D eigenvalue weighted by Crippen LogP contribution is -2.46. The van der Waals surface area contributed by atoms with Gasteiger partial charge in [-0.05, 0) is 6.92 Å². The van der Waals surface area contributed by atoms with E-state index < -0.39 is 30.2 Å². The number of aliphatic hydroxyl groups excluding tert-OH is 4. The molecule has 0 aliphatic rings. The second-order valence-electron chi connectivity index (χ2n) is 2.99. The molecule has 0 aliphatic heterocycles. The third-order valence-corrected chi connectivity index (χ3v) is 1.85. The molecule has 0 aromatic rings. The maximum absolute atomic E-state index is 10.9. The second kappa shape index (κ2) is 5.29. The molecule has 0 saturated carbocycles. The van der Waals surface area contributed by atoms with Crippen molar-refractivity contribution in [2.24, 2.45) is 0 Å². The summed E-state index contributed by atoms with van der Waals surface area (Å²) in [6, 6.07) is 0. The molecule has 0 saturated heterocycles. The Balaban J connectivity index is 4.24. The smallest absolute Gasteiger partial charge is 0.163 e. The molecule has 4 atom stereocenters. The maximum Gasteiger partial charge on any atom is 0.163 e. The van der Waals surface area contributed by atoms with E-state index in [4.69, 9.17) is 15.3 Å². The van der Waals surface area contributed by atoms with Crippen LogP contribution in [0.25, 0.3) is 0 Å². The monoisotopic (exact) mass is 192 g/mol. The van der Waals surface area contributed by atoms with Crippen LogP contribution in [0.2, 0.25) is 0 Å². The fourth-order valence-corrected chi connectivity index (χ4v) is 0.872. The first-order chi connectivity index (χ1) is 5.91. The third kappa shape index (κ3) is 3.40. The Labute approximate surface area is 76.6 Å². The first-order valence-electron chi connectivity index (χ1n) is 4.16.